The highest BCUT2D eigenvalue weighted by molar-refractivity contribution is 5.90. The first-order valence-corrected chi connectivity index (χ1v) is 7.80. The molecule has 0 bridgehead atoms. The van der Waals surface area contributed by atoms with Gasteiger partial charge in [0.15, 0.2) is 23.0 Å². The molecule has 2 amide bonds. The molecule has 0 unspecified atom stereocenters. The predicted octanol–water partition coefficient (Wildman–Crippen LogP) is 3.32. The molecule has 0 saturated heterocycles. The van der Waals surface area contributed by atoms with E-state index < -0.39 is 0 Å². The number of carbonyl (C=O) groups is 1. The van der Waals surface area contributed by atoms with Crippen molar-refractivity contribution >= 4 is 11.7 Å². The van der Waals surface area contributed by atoms with E-state index in [-0.39, 0.29) is 18.9 Å². The lowest BCUT2D eigenvalue weighted by Gasteiger charge is -2.16. The molecule has 0 fully saturated rings. The lowest BCUT2D eigenvalue weighted by atomic mass is 10.1. The van der Waals surface area contributed by atoms with Gasteiger partial charge in [-0.1, -0.05) is 6.07 Å². The van der Waals surface area contributed by atoms with Crippen molar-refractivity contribution < 1.29 is 23.7 Å². The number of ether oxygens (including phenoxy) is 4. The second-order valence-corrected chi connectivity index (χ2v) is 5.50. The van der Waals surface area contributed by atoms with Crippen LogP contribution in [-0.2, 0) is 0 Å². The first-order valence-electron chi connectivity index (χ1n) is 7.80. The summed E-state index contributed by atoms with van der Waals surface area (Å²) in [4.78, 5) is 12.2. The van der Waals surface area contributed by atoms with Crippen LogP contribution in [0, 0.1) is 0 Å². The van der Waals surface area contributed by atoms with E-state index in [2.05, 4.69) is 10.6 Å². The van der Waals surface area contributed by atoms with Gasteiger partial charge in [0.2, 0.25) is 6.79 Å². The molecular weight excluding hydrogens is 324 g/mol. The normalized spacial score (nSPS) is 13.1. The van der Waals surface area contributed by atoms with E-state index in [1.165, 1.54) is 0 Å². The number of anilines is 1. The largest absolute Gasteiger partial charge is 0.493 e. The minimum atomic E-state index is -0.322. The number of hydrogen-bond donors (Lipinski definition) is 2. The minimum Gasteiger partial charge on any atom is -0.493 e. The highest BCUT2D eigenvalue weighted by atomic mass is 16.7. The number of benzene rings is 2. The number of carbonyl (C=O) groups excluding carboxylic acids is 1. The van der Waals surface area contributed by atoms with E-state index in [4.69, 9.17) is 18.9 Å². The average Bonchev–Trinajstić information content (AvgIpc) is 3.09. The van der Waals surface area contributed by atoms with Crippen LogP contribution in [0.3, 0.4) is 0 Å². The maximum absolute atomic E-state index is 12.2. The van der Waals surface area contributed by atoms with Gasteiger partial charge in [-0.2, -0.15) is 0 Å². The number of amides is 2. The van der Waals surface area contributed by atoms with Gasteiger partial charge in [-0.05, 0) is 36.8 Å². The van der Waals surface area contributed by atoms with Gasteiger partial charge in [0.25, 0.3) is 0 Å². The molecule has 0 radical (unpaired) electrons. The van der Waals surface area contributed by atoms with Crippen LogP contribution in [0.25, 0.3) is 0 Å². The lowest BCUT2D eigenvalue weighted by Crippen LogP contribution is -2.31. The van der Waals surface area contributed by atoms with E-state index >= 15 is 0 Å². The Hall–Kier alpha value is -3.09. The fourth-order valence-corrected chi connectivity index (χ4v) is 2.54. The highest BCUT2D eigenvalue weighted by Gasteiger charge is 2.17. The minimum absolute atomic E-state index is 0.199. The molecule has 132 valence electrons. The Kier molecular flexibility index (Phi) is 4.83. The van der Waals surface area contributed by atoms with Gasteiger partial charge in [-0.3, -0.25) is 0 Å². The van der Waals surface area contributed by atoms with Gasteiger partial charge in [0.1, 0.15) is 0 Å². The molecule has 7 heteroatoms. The fraction of sp³-hybridized carbons (Fsp3) is 0.278. The molecule has 1 aliphatic heterocycles. The molecule has 0 aliphatic carbocycles. The zero-order valence-electron chi connectivity index (χ0n) is 14.3. The Bertz CT molecular complexity index is 778. The van der Waals surface area contributed by atoms with Crippen molar-refractivity contribution in [1.29, 1.82) is 0 Å². The van der Waals surface area contributed by atoms with Crippen molar-refractivity contribution in [2.24, 2.45) is 0 Å². The number of urea groups is 1. The molecular formula is C18H20N2O5. The second-order valence-electron chi connectivity index (χ2n) is 5.50. The molecule has 2 aromatic rings. The summed E-state index contributed by atoms with van der Waals surface area (Å²) in [5, 5.41) is 5.66. The summed E-state index contributed by atoms with van der Waals surface area (Å²) in [5.74, 6) is 2.54. The maximum atomic E-state index is 12.2. The standard InChI is InChI=1S/C18H20N2O5/c1-11(12-4-6-15-17(8-12)25-10-24-15)19-18(21)20-13-5-7-14(22-2)16(9-13)23-3/h4-9,11H,10H2,1-3H3,(H2,19,20,21)/t11-/m0/s1. The zero-order valence-corrected chi connectivity index (χ0v) is 14.3. The van der Waals surface area contributed by atoms with Crippen LogP contribution < -0.4 is 29.6 Å². The first kappa shape index (κ1) is 16.8. The Morgan fingerprint density at radius 1 is 1.04 bits per heavy atom. The summed E-state index contributed by atoms with van der Waals surface area (Å²) >= 11 is 0. The van der Waals surface area contributed by atoms with Crippen molar-refractivity contribution in [3.05, 3.63) is 42.0 Å². The lowest BCUT2D eigenvalue weighted by molar-refractivity contribution is 0.174. The van der Waals surface area contributed by atoms with Crippen LogP contribution in [-0.4, -0.2) is 27.0 Å². The van der Waals surface area contributed by atoms with E-state index in [1.807, 2.05) is 25.1 Å². The third-order valence-electron chi connectivity index (χ3n) is 3.89. The van der Waals surface area contributed by atoms with Gasteiger partial charge in [0.05, 0.1) is 20.3 Å². The topological polar surface area (TPSA) is 78.1 Å². The van der Waals surface area contributed by atoms with Gasteiger partial charge >= 0.3 is 6.03 Å². The number of rotatable bonds is 5. The molecule has 3 rings (SSSR count). The Balaban J connectivity index is 1.64. The van der Waals surface area contributed by atoms with Crippen LogP contribution in [0.4, 0.5) is 10.5 Å². The smallest absolute Gasteiger partial charge is 0.319 e. The van der Waals surface area contributed by atoms with Crippen LogP contribution in [0.5, 0.6) is 23.0 Å². The van der Waals surface area contributed by atoms with Crippen LogP contribution in [0.15, 0.2) is 36.4 Å². The molecule has 25 heavy (non-hydrogen) atoms. The summed E-state index contributed by atoms with van der Waals surface area (Å²) in [5.41, 5.74) is 1.53. The maximum Gasteiger partial charge on any atom is 0.319 e. The summed E-state index contributed by atoms with van der Waals surface area (Å²) in [6.07, 6.45) is 0. The molecule has 2 N–H and O–H groups in total. The van der Waals surface area contributed by atoms with Gasteiger partial charge in [-0.15, -0.1) is 0 Å². The third-order valence-corrected chi connectivity index (χ3v) is 3.89. The average molecular weight is 344 g/mol. The van der Waals surface area contributed by atoms with Crippen LogP contribution >= 0.6 is 0 Å². The molecule has 1 aliphatic rings. The van der Waals surface area contributed by atoms with Crippen molar-refractivity contribution in [3.8, 4) is 23.0 Å². The summed E-state index contributed by atoms with van der Waals surface area (Å²) < 4.78 is 21.1. The monoisotopic (exact) mass is 344 g/mol. The molecule has 1 heterocycles. The van der Waals surface area contributed by atoms with E-state index in [0.29, 0.717) is 28.7 Å². The summed E-state index contributed by atoms with van der Waals surface area (Å²) in [6, 6.07) is 10.2. The quantitative estimate of drug-likeness (QED) is 0.870. The number of fused-ring (bicyclic) bond motifs is 1. The van der Waals surface area contributed by atoms with Crippen molar-refractivity contribution in [1.82, 2.24) is 5.32 Å². The van der Waals surface area contributed by atoms with E-state index in [1.54, 1.807) is 32.4 Å². The van der Waals surface area contributed by atoms with E-state index in [0.717, 1.165) is 5.56 Å². The number of nitrogens with one attached hydrogen (secondary N) is 2. The molecule has 1 atom stereocenters. The SMILES string of the molecule is COc1ccc(NC(=O)N[C@@H](C)c2ccc3c(c2)OCO3)cc1OC. The molecule has 0 spiro atoms. The molecule has 0 saturated carbocycles. The second kappa shape index (κ2) is 7.21. The Morgan fingerprint density at radius 2 is 1.80 bits per heavy atom. The fourth-order valence-electron chi connectivity index (χ4n) is 2.54. The molecule has 7 nitrogen and oxygen atoms in total. The molecule has 2 aromatic carbocycles. The van der Waals surface area contributed by atoms with E-state index in [9.17, 15) is 4.79 Å². The summed E-state index contributed by atoms with van der Waals surface area (Å²) in [7, 11) is 3.11. The zero-order chi connectivity index (χ0) is 17.8. The summed E-state index contributed by atoms with van der Waals surface area (Å²) in [6.45, 7) is 2.12. The first-order chi connectivity index (χ1) is 12.1. The predicted molar refractivity (Wildman–Crippen MR) is 92.7 cm³/mol. The molecule has 0 aromatic heterocycles. The van der Waals surface area contributed by atoms with Gasteiger partial charge in [0, 0.05) is 11.8 Å². The Labute approximate surface area is 145 Å². The Morgan fingerprint density at radius 3 is 2.56 bits per heavy atom. The van der Waals surface area contributed by atoms with Crippen molar-refractivity contribution in [2.75, 3.05) is 26.3 Å². The number of methoxy groups -OCH3 is 2. The van der Waals surface area contributed by atoms with Crippen molar-refractivity contribution in [3.63, 3.8) is 0 Å². The van der Waals surface area contributed by atoms with Crippen LogP contribution in [0.1, 0.15) is 18.5 Å². The van der Waals surface area contributed by atoms with Gasteiger partial charge < -0.3 is 29.6 Å². The highest BCUT2D eigenvalue weighted by Crippen LogP contribution is 2.34. The number of hydrogen-bond acceptors (Lipinski definition) is 5. The van der Waals surface area contributed by atoms with Gasteiger partial charge in [-0.25, -0.2) is 4.79 Å². The third kappa shape index (κ3) is 3.71. The van der Waals surface area contributed by atoms with Crippen LogP contribution in [0.2, 0.25) is 0 Å². The van der Waals surface area contributed by atoms with Crippen molar-refractivity contribution in [2.45, 2.75) is 13.0 Å².